The van der Waals surface area contributed by atoms with Crippen molar-refractivity contribution in [1.82, 2.24) is 15.0 Å². The van der Waals surface area contributed by atoms with Gasteiger partial charge in [0.25, 0.3) is 0 Å². The number of aromatic nitrogens is 3. The number of pyridine rings is 1. The van der Waals surface area contributed by atoms with Crippen LogP contribution in [0.3, 0.4) is 0 Å². The third-order valence-electron chi connectivity index (χ3n) is 12.0. The molecule has 3 aromatic carbocycles. The summed E-state index contributed by atoms with van der Waals surface area (Å²) in [6, 6.07) is 27.3. The van der Waals surface area contributed by atoms with Crippen molar-refractivity contribution in [2.75, 3.05) is 32.2 Å². The Balaban J connectivity index is 0.933. The van der Waals surface area contributed by atoms with Gasteiger partial charge in [-0.3, -0.25) is 4.98 Å². The van der Waals surface area contributed by atoms with Crippen molar-refractivity contribution in [2.24, 2.45) is 11.8 Å². The number of nitrogens with one attached hydrogen (secondary N) is 1. The van der Waals surface area contributed by atoms with E-state index in [4.69, 9.17) is 35.5 Å². The van der Waals surface area contributed by atoms with Gasteiger partial charge in [-0.15, -0.1) is 11.3 Å². The molecule has 2 atom stereocenters. The molecule has 1 unspecified atom stereocenters. The van der Waals surface area contributed by atoms with E-state index in [9.17, 15) is 9.90 Å². The molecular formula is C47H49ClN4O6S. The van der Waals surface area contributed by atoms with Crippen molar-refractivity contribution in [3.8, 4) is 28.6 Å². The summed E-state index contributed by atoms with van der Waals surface area (Å²) in [5.41, 5.74) is 4.61. The van der Waals surface area contributed by atoms with E-state index >= 15 is 0 Å². The summed E-state index contributed by atoms with van der Waals surface area (Å²) in [5.74, 6) is 2.77. The molecule has 3 heterocycles. The number of carboxylic acid groups (broad SMARTS) is 1. The molecule has 306 valence electrons. The Kier molecular flexibility index (Phi) is 12.3. The first-order valence-corrected chi connectivity index (χ1v) is 21.5. The van der Waals surface area contributed by atoms with Crippen LogP contribution in [0.25, 0.3) is 21.6 Å². The van der Waals surface area contributed by atoms with E-state index in [0.29, 0.717) is 62.5 Å². The van der Waals surface area contributed by atoms with Gasteiger partial charge in [0.1, 0.15) is 22.8 Å². The van der Waals surface area contributed by atoms with Crippen molar-refractivity contribution < 1.29 is 28.8 Å². The predicted molar refractivity (Wildman–Crippen MR) is 232 cm³/mol. The molecule has 6 aromatic rings. The number of halogens is 1. The highest BCUT2D eigenvalue weighted by Gasteiger charge is 2.54. The molecule has 1 saturated carbocycles. The van der Waals surface area contributed by atoms with Gasteiger partial charge in [0.15, 0.2) is 5.82 Å². The van der Waals surface area contributed by atoms with E-state index in [1.165, 1.54) is 11.1 Å². The largest absolute Gasteiger partial charge is 0.496 e. The van der Waals surface area contributed by atoms with Crippen LogP contribution >= 0.6 is 22.9 Å². The van der Waals surface area contributed by atoms with Crippen LogP contribution in [-0.4, -0.2) is 58.5 Å². The van der Waals surface area contributed by atoms with Gasteiger partial charge in [-0.05, 0) is 133 Å². The third-order valence-corrected chi connectivity index (χ3v) is 13.2. The molecule has 2 aliphatic carbocycles. The Bertz CT molecular complexity index is 2400. The lowest BCUT2D eigenvalue weighted by molar-refractivity contribution is -0.144. The van der Waals surface area contributed by atoms with Crippen molar-refractivity contribution in [3.63, 3.8) is 0 Å². The van der Waals surface area contributed by atoms with Crippen LogP contribution in [0.1, 0.15) is 62.3 Å². The molecule has 0 aliphatic heterocycles. The predicted octanol–water partition coefficient (Wildman–Crippen LogP) is 10.4. The first kappa shape index (κ1) is 40.5. The van der Waals surface area contributed by atoms with E-state index < -0.39 is 11.5 Å². The Labute approximate surface area is 353 Å². The van der Waals surface area contributed by atoms with E-state index in [2.05, 4.69) is 40.4 Å². The van der Waals surface area contributed by atoms with Crippen LogP contribution in [0.15, 0.2) is 103 Å². The average molecular weight is 833 g/mol. The number of carbonyl (C=O) groups is 1. The molecule has 59 heavy (non-hydrogen) atoms. The van der Waals surface area contributed by atoms with Crippen LogP contribution < -0.4 is 19.5 Å². The Morgan fingerprint density at radius 3 is 2.63 bits per heavy atom. The van der Waals surface area contributed by atoms with Crippen LogP contribution in [-0.2, 0) is 28.0 Å². The number of hydrogen-bond acceptors (Lipinski definition) is 10. The van der Waals surface area contributed by atoms with Gasteiger partial charge in [0, 0.05) is 29.5 Å². The highest BCUT2D eigenvalue weighted by atomic mass is 35.5. The molecule has 1 spiro atoms. The fraction of sp³-hybridized carbons (Fsp3) is 0.362. The zero-order chi connectivity index (χ0) is 40.8. The van der Waals surface area contributed by atoms with E-state index in [1.54, 1.807) is 43.0 Å². The van der Waals surface area contributed by atoms with Crippen molar-refractivity contribution in [2.45, 2.75) is 69.4 Å². The lowest BCUT2D eigenvalue weighted by Gasteiger charge is -2.47. The van der Waals surface area contributed by atoms with Gasteiger partial charge in [-0.1, -0.05) is 42.8 Å². The second-order valence-corrected chi connectivity index (χ2v) is 17.2. The summed E-state index contributed by atoms with van der Waals surface area (Å²) in [6.45, 7) is 4.22. The number of hydrogen-bond donors (Lipinski definition) is 2. The van der Waals surface area contributed by atoms with Crippen LogP contribution in [0.4, 0.5) is 5.69 Å². The van der Waals surface area contributed by atoms with Crippen LogP contribution in [0.2, 0.25) is 5.02 Å². The highest BCUT2D eigenvalue weighted by molar-refractivity contribution is 7.17. The topological polar surface area (TPSA) is 125 Å². The zero-order valence-corrected chi connectivity index (χ0v) is 34.9. The van der Waals surface area contributed by atoms with E-state index in [-0.39, 0.29) is 11.3 Å². The summed E-state index contributed by atoms with van der Waals surface area (Å²) < 4.78 is 25.3. The molecule has 8 rings (SSSR count). The minimum Gasteiger partial charge on any atom is -0.496 e. The molecular weight excluding hydrogens is 784 g/mol. The van der Waals surface area contributed by atoms with Crippen molar-refractivity contribution >= 4 is 44.8 Å². The summed E-state index contributed by atoms with van der Waals surface area (Å²) in [5, 5.41) is 16.7. The minimum absolute atomic E-state index is 0.196. The van der Waals surface area contributed by atoms with E-state index in [0.717, 1.165) is 70.1 Å². The van der Waals surface area contributed by atoms with Crippen LogP contribution in [0, 0.1) is 11.8 Å². The number of para-hydroxylation sites is 1. The molecule has 0 bridgehead atoms. The number of rotatable bonds is 17. The fourth-order valence-corrected chi connectivity index (χ4v) is 10.0. The Morgan fingerprint density at radius 2 is 1.80 bits per heavy atom. The number of anilines is 1. The maximum atomic E-state index is 13.0. The molecule has 0 saturated heterocycles. The summed E-state index contributed by atoms with van der Waals surface area (Å²) in [4.78, 5) is 26.6. The third kappa shape index (κ3) is 8.88. The second kappa shape index (κ2) is 17.9. The second-order valence-electron chi connectivity index (χ2n) is 15.8. The molecule has 0 amide bonds. The monoisotopic (exact) mass is 832 g/mol. The number of benzene rings is 3. The van der Waals surface area contributed by atoms with Gasteiger partial charge in [-0.25, -0.2) is 14.8 Å². The molecule has 0 radical (unpaired) electrons. The molecule has 2 aliphatic rings. The number of thiophene rings is 1. The molecule has 12 heteroatoms. The number of aliphatic carboxylic acids is 1. The Morgan fingerprint density at radius 1 is 0.949 bits per heavy atom. The maximum Gasteiger partial charge on any atom is 0.329 e. The molecule has 10 nitrogen and oxygen atoms in total. The van der Waals surface area contributed by atoms with Crippen molar-refractivity contribution in [3.05, 3.63) is 125 Å². The normalized spacial score (nSPS) is 20.3. The molecule has 1 fully saturated rings. The number of nitrogens with zero attached hydrogens (tertiary/aromatic N) is 3. The first-order valence-electron chi connectivity index (χ1n) is 20.3. The number of ether oxygens (including phenoxy) is 4. The van der Waals surface area contributed by atoms with Crippen LogP contribution in [0.5, 0.6) is 17.2 Å². The first-order chi connectivity index (χ1) is 28.7. The zero-order valence-electron chi connectivity index (χ0n) is 33.4. The SMILES string of the molecule is COc1ccccc1-c1nccc(COCCCOc2ccc3c(c2)C2(CCC(Nc4cccc(Cl)c4)(C(=O)O)CC2)C(C[C@@H](C)COc2ccnc4ccsc24)C3)n1. The lowest BCUT2D eigenvalue weighted by Crippen LogP contribution is -2.53. The van der Waals surface area contributed by atoms with Gasteiger partial charge in [0.2, 0.25) is 0 Å². The number of methoxy groups -OCH3 is 1. The van der Waals surface area contributed by atoms with Gasteiger partial charge in [0.05, 0.1) is 55.0 Å². The fourth-order valence-electron chi connectivity index (χ4n) is 9.02. The number of fused-ring (bicyclic) bond motifs is 3. The van der Waals surface area contributed by atoms with Gasteiger partial charge in [-0.2, -0.15) is 0 Å². The van der Waals surface area contributed by atoms with Crippen molar-refractivity contribution in [1.29, 1.82) is 0 Å². The number of carboxylic acids is 1. The maximum absolute atomic E-state index is 13.0. The average Bonchev–Trinajstić information content (AvgIpc) is 3.85. The molecule has 2 N–H and O–H groups in total. The summed E-state index contributed by atoms with van der Waals surface area (Å²) >= 11 is 7.95. The van der Waals surface area contributed by atoms with E-state index in [1.807, 2.05) is 60.0 Å². The minimum atomic E-state index is -1.10. The highest BCUT2D eigenvalue weighted by Crippen LogP contribution is 2.57. The lowest BCUT2D eigenvalue weighted by atomic mass is 9.59. The summed E-state index contributed by atoms with van der Waals surface area (Å²) in [6.07, 6.45) is 8.57. The standard InChI is InChI=1S/C47H49ClN4O6S/c1-31(29-58-42-14-21-49-40-15-24-59-43(40)42)25-33-26-32-11-12-37(57-23-6-22-56-30-36-13-20-50-44(51-36)38-9-3-4-10-41(38)55-2)28-39(32)46(33)16-18-47(19-17-46,45(53)54)52-35-8-5-7-34(48)27-35/h3-5,7-15,20-21,24,27-28,31,33,52H,6,16-19,22-23,25-26,29-30H2,1-2H3,(H,53,54)/t31-,33?,46?,47?/m1/s1. The smallest absolute Gasteiger partial charge is 0.329 e. The quantitative estimate of drug-likeness (QED) is 0.0858. The summed E-state index contributed by atoms with van der Waals surface area (Å²) in [7, 11) is 1.64. The van der Waals surface area contributed by atoms with Gasteiger partial charge >= 0.3 is 5.97 Å². The Hall–Kier alpha value is -5.23. The van der Waals surface area contributed by atoms with Gasteiger partial charge < -0.3 is 29.4 Å². The molecule has 3 aromatic heterocycles.